The number of halogens is 2. The summed E-state index contributed by atoms with van der Waals surface area (Å²) < 4.78 is 26.0. The van der Waals surface area contributed by atoms with Gasteiger partial charge in [0.15, 0.2) is 11.5 Å². The highest BCUT2D eigenvalue weighted by atomic mass is 35.5. The standard InChI is InChI=1S/C16H16ClFN4O3/c1-10(16(2,23)22-9-19-8-20-22)24-7-12-6-15(21-25-12)13-4-3-11(17)5-14(13)18/h3-6,8-10,23H,7H2,1-2H3/t10-,16-/m1/s1. The largest absolute Gasteiger partial charge is 0.367 e. The Labute approximate surface area is 148 Å². The van der Waals surface area contributed by atoms with Gasteiger partial charge in [-0.3, -0.25) is 0 Å². The molecule has 0 fully saturated rings. The zero-order valence-electron chi connectivity index (χ0n) is 13.6. The summed E-state index contributed by atoms with van der Waals surface area (Å²) in [4.78, 5) is 3.80. The number of hydrogen-bond donors (Lipinski definition) is 1. The first kappa shape index (κ1) is 17.5. The zero-order chi connectivity index (χ0) is 18.0. The Morgan fingerprint density at radius 3 is 2.92 bits per heavy atom. The van der Waals surface area contributed by atoms with E-state index in [-0.39, 0.29) is 12.2 Å². The lowest BCUT2D eigenvalue weighted by Gasteiger charge is -2.29. The first-order chi connectivity index (χ1) is 11.9. The van der Waals surface area contributed by atoms with Gasteiger partial charge in [0.05, 0.1) is 0 Å². The summed E-state index contributed by atoms with van der Waals surface area (Å²) in [6, 6.07) is 5.88. The van der Waals surface area contributed by atoms with Crippen molar-refractivity contribution in [3.63, 3.8) is 0 Å². The first-order valence-corrected chi connectivity index (χ1v) is 7.86. The maximum Gasteiger partial charge on any atom is 0.182 e. The van der Waals surface area contributed by atoms with Gasteiger partial charge in [0, 0.05) is 16.7 Å². The van der Waals surface area contributed by atoms with Crippen LogP contribution in [0.4, 0.5) is 4.39 Å². The van der Waals surface area contributed by atoms with Gasteiger partial charge in [0.1, 0.15) is 36.9 Å². The molecular formula is C16H16ClFN4O3. The van der Waals surface area contributed by atoms with Crippen molar-refractivity contribution in [1.29, 1.82) is 0 Å². The average molecular weight is 367 g/mol. The highest BCUT2D eigenvalue weighted by molar-refractivity contribution is 6.30. The molecule has 2 atom stereocenters. The summed E-state index contributed by atoms with van der Waals surface area (Å²) >= 11 is 5.74. The molecule has 0 spiro atoms. The molecule has 3 rings (SSSR count). The third-order valence-corrected chi connectivity index (χ3v) is 4.13. The number of hydrogen-bond acceptors (Lipinski definition) is 6. The molecule has 1 aromatic carbocycles. The average Bonchev–Trinajstić information content (AvgIpc) is 3.24. The van der Waals surface area contributed by atoms with Gasteiger partial charge in [0.2, 0.25) is 0 Å². The Kier molecular flexibility index (Phi) is 4.85. The van der Waals surface area contributed by atoms with Crippen LogP contribution in [-0.4, -0.2) is 31.1 Å². The molecule has 0 amide bonds. The summed E-state index contributed by atoms with van der Waals surface area (Å²) in [5.41, 5.74) is -0.771. The molecule has 0 aliphatic rings. The van der Waals surface area contributed by atoms with Gasteiger partial charge < -0.3 is 14.4 Å². The lowest BCUT2D eigenvalue weighted by atomic mass is 10.1. The minimum absolute atomic E-state index is 0.0498. The molecule has 2 aromatic heterocycles. The van der Waals surface area contributed by atoms with Crippen molar-refractivity contribution >= 4 is 11.6 Å². The van der Waals surface area contributed by atoms with Crippen LogP contribution in [0.5, 0.6) is 0 Å². The molecule has 9 heteroatoms. The molecule has 0 radical (unpaired) electrons. The van der Waals surface area contributed by atoms with Crippen LogP contribution in [0.2, 0.25) is 5.02 Å². The summed E-state index contributed by atoms with van der Waals surface area (Å²) in [6.07, 6.45) is 2.11. The van der Waals surface area contributed by atoms with Gasteiger partial charge in [-0.05, 0) is 32.0 Å². The number of rotatable bonds is 6. The summed E-state index contributed by atoms with van der Waals surface area (Å²) in [7, 11) is 0. The van der Waals surface area contributed by atoms with E-state index in [1.165, 1.54) is 29.5 Å². The second-order valence-corrected chi connectivity index (χ2v) is 6.13. The lowest BCUT2D eigenvalue weighted by molar-refractivity contribution is -0.154. The molecule has 0 saturated heterocycles. The number of benzene rings is 1. The Morgan fingerprint density at radius 1 is 1.44 bits per heavy atom. The van der Waals surface area contributed by atoms with Crippen LogP contribution in [0, 0.1) is 5.82 Å². The normalized spacial score (nSPS) is 15.1. The summed E-state index contributed by atoms with van der Waals surface area (Å²) in [5.74, 6) is -0.0960. The van der Waals surface area contributed by atoms with Gasteiger partial charge in [0.25, 0.3) is 0 Å². The van der Waals surface area contributed by atoms with Crippen molar-refractivity contribution < 1.29 is 18.8 Å². The maximum absolute atomic E-state index is 13.9. The van der Waals surface area contributed by atoms with Crippen molar-refractivity contribution in [3.05, 3.63) is 53.5 Å². The molecule has 0 bridgehead atoms. The molecule has 1 N–H and O–H groups in total. The first-order valence-electron chi connectivity index (χ1n) is 7.48. The minimum atomic E-state index is -1.39. The highest BCUT2D eigenvalue weighted by Gasteiger charge is 2.32. The van der Waals surface area contributed by atoms with E-state index in [0.717, 1.165) is 0 Å². The Bertz CT molecular complexity index is 851. The summed E-state index contributed by atoms with van der Waals surface area (Å²) in [5, 5.41) is 18.5. The molecule has 3 aromatic rings. The fourth-order valence-corrected chi connectivity index (χ4v) is 2.36. The van der Waals surface area contributed by atoms with E-state index in [4.69, 9.17) is 20.9 Å². The predicted molar refractivity (Wildman–Crippen MR) is 87.0 cm³/mol. The van der Waals surface area contributed by atoms with Crippen molar-refractivity contribution in [1.82, 2.24) is 19.9 Å². The van der Waals surface area contributed by atoms with Crippen LogP contribution in [-0.2, 0) is 17.1 Å². The van der Waals surface area contributed by atoms with Crippen LogP contribution in [0.25, 0.3) is 11.3 Å². The van der Waals surface area contributed by atoms with E-state index in [2.05, 4.69) is 15.2 Å². The van der Waals surface area contributed by atoms with Crippen LogP contribution in [0.1, 0.15) is 19.6 Å². The van der Waals surface area contributed by atoms with E-state index in [0.29, 0.717) is 16.5 Å². The van der Waals surface area contributed by atoms with Crippen LogP contribution >= 0.6 is 11.6 Å². The van der Waals surface area contributed by atoms with Gasteiger partial charge in [-0.2, -0.15) is 5.10 Å². The topological polar surface area (TPSA) is 86.2 Å². The second-order valence-electron chi connectivity index (χ2n) is 5.69. The molecule has 0 unspecified atom stereocenters. The number of nitrogens with zero attached hydrogens (tertiary/aromatic N) is 4. The van der Waals surface area contributed by atoms with Crippen LogP contribution in [0.3, 0.4) is 0 Å². The number of aliphatic hydroxyl groups is 1. The highest BCUT2D eigenvalue weighted by Crippen LogP contribution is 2.26. The number of ether oxygens (including phenoxy) is 1. The maximum atomic E-state index is 13.9. The van der Waals surface area contributed by atoms with E-state index in [9.17, 15) is 9.50 Å². The van der Waals surface area contributed by atoms with E-state index in [1.807, 2.05) is 0 Å². The third kappa shape index (κ3) is 3.71. The molecule has 2 heterocycles. The van der Waals surface area contributed by atoms with Crippen molar-refractivity contribution in [2.45, 2.75) is 32.3 Å². The SMILES string of the molecule is C[C@@H](OCc1cc(-c2ccc(Cl)cc2F)no1)[C@@](C)(O)n1cncn1. The third-order valence-electron chi connectivity index (χ3n) is 3.89. The molecular weight excluding hydrogens is 351 g/mol. The Morgan fingerprint density at radius 2 is 2.24 bits per heavy atom. The molecule has 132 valence electrons. The van der Waals surface area contributed by atoms with E-state index >= 15 is 0 Å². The van der Waals surface area contributed by atoms with Gasteiger partial charge >= 0.3 is 0 Å². The van der Waals surface area contributed by atoms with Crippen molar-refractivity contribution in [2.75, 3.05) is 0 Å². The van der Waals surface area contributed by atoms with E-state index < -0.39 is 17.6 Å². The monoisotopic (exact) mass is 366 g/mol. The molecule has 0 aliphatic heterocycles. The lowest BCUT2D eigenvalue weighted by Crippen LogP contribution is -2.42. The Balaban J connectivity index is 1.68. The fourth-order valence-electron chi connectivity index (χ4n) is 2.20. The van der Waals surface area contributed by atoms with Crippen LogP contribution in [0.15, 0.2) is 41.4 Å². The molecule has 0 saturated carbocycles. The van der Waals surface area contributed by atoms with Crippen LogP contribution < -0.4 is 0 Å². The van der Waals surface area contributed by atoms with Crippen molar-refractivity contribution in [3.8, 4) is 11.3 Å². The van der Waals surface area contributed by atoms with Gasteiger partial charge in [-0.1, -0.05) is 16.8 Å². The van der Waals surface area contributed by atoms with Crippen molar-refractivity contribution in [2.24, 2.45) is 0 Å². The quantitative estimate of drug-likeness (QED) is 0.721. The fraction of sp³-hybridized carbons (Fsp3) is 0.312. The second kappa shape index (κ2) is 6.91. The Hall–Kier alpha value is -2.29. The summed E-state index contributed by atoms with van der Waals surface area (Å²) in [6.45, 7) is 3.30. The molecule has 25 heavy (non-hydrogen) atoms. The van der Waals surface area contributed by atoms with E-state index in [1.54, 1.807) is 26.0 Å². The minimum Gasteiger partial charge on any atom is -0.367 e. The van der Waals surface area contributed by atoms with Gasteiger partial charge in [-0.25, -0.2) is 14.1 Å². The van der Waals surface area contributed by atoms with Gasteiger partial charge in [-0.15, -0.1) is 0 Å². The predicted octanol–water partition coefficient (Wildman–Crippen LogP) is 3.00. The molecule has 7 nitrogen and oxygen atoms in total. The smallest absolute Gasteiger partial charge is 0.182 e. The zero-order valence-corrected chi connectivity index (χ0v) is 14.3. The number of aromatic nitrogens is 4. The molecule has 0 aliphatic carbocycles.